The van der Waals surface area contributed by atoms with E-state index in [1.165, 1.54) is 12.1 Å². The van der Waals surface area contributed by atoms with E-state index in [1.807, 2.05) is 6.07 Å². The predicted octanol–water partition coefficient (Wildman–Crippen LogP) is 4.58. The fourth-order valence-corrected chi connectivity index (χ4v) is 5.18. The van der Waals surface area contributed by atoms with E-state index in [2.05, 4.69) is 67.8 Å². The van der Waals surface area contributed by atoms with Gasteiger partial charge in [-0.25, -0.2) is 4.79 Å². The van der Waals surface area contributed by atoms with E-state index >= 15 is 0 Å². The summed E-state index contributed by atoms with van der Waals surface area (Å²) in [5.74, 6) is -0.257. The number of halogens is 3. The topological polar surface area (TPSA) is 80.7 Å². The molecule has 0 atom stereocenters. The monoisotopic (exact) mass is 684 g/mol. The Balaban J connectivity index is 2.43. The molecule has 0 heterocycles. The molecular formula is C15H11I3O5S. The van der Waals surface area contributed by atoms with Crippen LogP contribution in [0, 0.1) is 24.6 Å². The fourth-order valence-electron chi connectivity index (χ4n) is 2.02. The lowest BCUT2D eigenvalue weighted by atomic mass is 10.1. The molecule has 0 radical (unpaired) electrons. The van der Waals surface area contributed by atoms with Crippen molar-refractivity contribution in [2.45, 2.75) is 18.7 Å². The Morgan fingerprint density at radius 1 is 1.08 bits per heavy atom. The smallest absolute Gasteiger partial charge is 0.344 e. The van der Waals surface area contributed by atoms with E-state index in [-0.39, 0.29) is 10.6 Å². The maximum absolute atomic E-state index is 12.5. The summed E-state index contributed by atoms with van der Waals surface area (Å²) in [4.78, 5) is 12.3. The van der Waals surface area contributed by atoms with Crippen LogP contribution in [0.1, 0.15) is 21.5 Å². The molecule has 0 aliphatic heterocycles. The van der Waals surface area contributed by atoms with Gasteiger partial charge in [0, 0.05) is 10.7 Å². The third kappa shape index (κ3) is 4.40. The zero-order valence-electron chi connectivity index (χ0n) is 12.4. The second-order valence-electron chi connectivity index (χ2n) is 4.93. The lowest BCUT2D eigenvalue weighted by molar-refractivity contribution is 0.0732. The second kappa shape index (κ2) is 7.72. The number of ether oxygens (including phenoxy) is 1. The maximum Gasteiger partial charge on any atom is 0.344 e. The van der Waals surface area contributed by atoms with Crippen LogP contribution < -0.4 is 4.74 Å². The van der Waals surface area contributed by atoms with Gasteiger partial charge in [0.05, 0.1) is 10.5 Å². The quantitative estimate of drug-likeness (QED) is 0.169. The van der Waals surface area contributed by atoms with Crippen molar-refractivity contribution in [2.24, 2.45) is 0 Å². The average molecular weight is 684 g/mol. The summed E-state index contributed by atoms with van der Waals surface area (Å²) in [7, 11) is -4.32. The first-order valence-corrected chi connectivity index (χ1v) is 11.1. The normalized spacial score (nSPS) is 11.4. The van der Waals surface area contributed by atoms with E-state index in [1.54, 1.807) is 19.9 Å². The Morgan fingerprint density at radius 3 is 2.29 bits per heavy atom. The van der Waals surface area contributed by atoms with Crippen LogP contribution in [0.5, 0.6) is 5.75 Å². The molecule has 128 valence electrons. The first-order valence-electron chi connectivity index (χ1n) is 6.46. The molecule has 0 amide bonds. The molecule has 1 N–H and O–H groups in total. The van der Waals surface area contributed by atoms with Gasteiger partial charge in [0.2, 0.25) is 0 Å². The number of hydrogen-bond donors (Lipinski definition) is 1. The van der Waals surface area contributed by atoms with E-state index in [9.17, 15) is 17.8 Å². The molecule has 0 aliphatic carbocycles. The summed E-state index contributed by atoms with van der Waals surface area (Å²) in [5.41, 5.74) is 1.27. The summed E-state index contributed by atoms with van der Waals surface area (Å²) < 4.78 is 40.0. The van der Waals surface area contributed by atoms with Crippen molar-refractivity contribution in [1.82, 2.24) is 0 Å². The van der Waals surface area contributed by atoms with Gasteiger partial charge in [-0.15, -0.1) is 0 Å². The van der Waals surface area contributed by atoms with Crippen LogP contribution in [0.4, 0.5) is 0 Å². The van der Waals surface area contributed by atoms with Gasteiger partial charge < -0.3 is 4.74 Å². The summed E-state index contributed by atoms with van der Waals surface area (Å²) in [6.07, 6.45) is 0. The standard InChI is InChI=1S/C15H11I3O5S/c1-7-8(2)13(24(20,21)22)4-3-12(7)23-15(19)10-5-9(16)6-11(17)14(10)18/h3-6H,1-2H3,(H,20,21,22). The molecule has 0 aliphatic rings. The van der Waals surface area contributed by atoms with Crippen molar-refractivity contribution < 1.29 is 22.5 Å². The van der Waals surface area contributed by atoms with Crippen molar-refractivity contribution in [3.63, 3.8) is 0 Å². The van der Waals surface area contributed by atoms with Crippen LogP contribution in [0.2, 0.25) is 0 Å². The molecule has 0 fully saturated rings. The summed E-state index contributed by atoms with van der Waals surface area (Å²) >= 11 is 6.36. The number of benzene rings is 2. The number of carbonyl (C=O) groups is 1. The van der Waals surface area contributed by atoms with E-state index in [4.69, 9.17) is 4.74 Å². The van der Waals surface area contributed by atoms with Crippen molar-refractivity contribution in [1.29, 1.82) is 0 Å². The SMILES string of the molecule is Cc1c(OC(=O)c2cc(I)cc(I)c2I)ccc(S(=O)(=O)O)c1C. The van der Waals surface area contributed by atoms with Gasteiger partial charge in [0.1, 0.15) is 5.75 Å². The molecule has 2 aromatic carbocycles. The van der Waals surface area contributed by atoms with E-state index < -0.39 is 16.1 Å². The van der Waals surface area contributed by atoms with E-state index in [0.29, 0.717) is 16.7 Å². The van der Waals surface area contributed by atoms with Crippen molar-refractivity contribution in [3.8, 4) is 5.75 Å². The third-order valence-corrected chi connectivity index (χ3v) is 8.05. The molecule has 0 spiro atoms. The number of esters is 1. The summed E-state index contributed by atoms with van der Waals surface area (Å²) in [6, 6.07) is 6.29. The van der Waals surface area contributed by atoms with Crippen molar-refractivity contribution in [2.75, 3.05) is 0 Å². The molecule has 5 nitrogen and oxygen atoms in total. The largest absolute Gasteiger partial charge is 0.423 e. The van der Waals surface area contributed by atoms with Gasteiger partial charge in [-0.05, 0) is 117 Å². The van der Waals surface area contributed by atoms with Gasteiger partial charge in [-0.1, -0.05) is 0 Å². The Hall–Kier alpha value is 0.01000. The minimum Gasteiger partial charge on any atom is -0.423 e. The molecule has 0 unspecified atom stereocenters. The highest BCUT2D eigenvalue weighted by molar-refractivity contribution is 14.1. The van der Waals surface area contributed by atoms with Gasteiger partial charge in [-0.3, -0.25) is 4.55 Å². The predicted molar refractivity (Wildman–Crippen MR) is 115 cm³/mol. The van der Waals surface area contributed by atoms with Gasteiger partial charge >= 0.3 is 5.97 Å². The Kier molecular flexibility index (Phi) is 6.53. The Labute approximate surface area is 180 Å². The van der Waals surface area contributed by atoms with Crippen LogP contribution in [0.3, 0.4) is 0 Å². The molecule has 24 heavy (non-hydrogen) atoms. The summed E-state index contributed by atoms with van der Waals surface area (Å²) in [6.45, 7) is 3.18. The molecule has 2 rings (SSSR count). The molecule has 0 saturated heterocycles. The molecule has 2 aromatic rings. The second-order valence-corrected chi connectivity index (χ2v) is 9.80. The van der Waals surface area contributed by atoms with Crippen LogP contribution in [-0.2, 0) is 10.1 Å². The number of rotatable bonds is 3. The van der Waals surface area contributed by atoms with Gasteiger partial charge in [0.25, 0.3) is 10.1 Å². The average Bonchev–Trinajstić information content (AvgIpc) is 2.46. The highest BCUT2D eigenvalue weighted by Crippen LogP contribution is 2.29. The van der Waals surface area contributed by atoms with Gasteiger partial charge in [0.15, 0.2) is 0 Å². The van der Waals surface area contributed by atoms with Crippen LogP contribution >= 0.6 is 67.8 Å². The number of carbonyl (C=O) groups excluding carboxylic acids is 1. The van der Waals surface area contributed by atoms with Crippen molar-refractivity contribution in [3.05, 3.63) is 51.7 Å². The zero-order chi connectivity index (χ0) is 18.2. The third-order valence-electron chi connectivity index (χ3n) is 3.38. The summed E-state index contributed by atoms with van der Waals surface area (Å²) in [5, 5.41) is 0. The minimum absolute atomic E-state index is 0.196. The highest BCUT2D eigenvalue weighted by atomic mass is 127. The lowest BCUT2D eigenvalue weighted by Crippen LogP contribution is -2.13. The molecular weight excluding hydrogens is 673 g/mol. The van der Waals surface area contributed by atoms with E-state index in [0.717, 1.165) is 10.7 Å². The van der Waals surface area contributed by atoms with Crippen LogP contribution in [0.25, 0.3) is 0 Å². The molecule has 0 bridgehead atoms. The maximum atomic E-state index is 12.5. The molecule has 0 aromatic heterocycles. The van der Waals surface area contributed by atoms with Crippen LogP contribution in [-0.4, -0.2) is 18.9 Å². The lowest BCUT2D eigenvalue weighted by Gasteiger charge is -2.13. The van der Waals surface area contributed by atoms with Crippen LogP contribution in [0.15, 0.2) is 29.2 Å². The fraction of sp³-hybridized carbons (Fsp3) is 0.133. The first-order chi connectivity index (χ1) is 11.0. The highest BCUT2D eigenvalue weighted by Gasteiger charge is 2.20. The number of hydrogen-bond acceptors (Lipinski definition) is 4. The molecule has 9 heteroatoms. The zero-order valence-corrected chi connectivity index (χ0v) is 19.7. The van der Waals surface area contributed by atoms with Crippen molar-refractivity contribution >= 4 is 83.9 Å². The van der Waals surface area contributed by atoms with Gasteiger partial charge in [-0.2, -0.15) is 8.42 Å². The minimum atomic E-state index is -4.32. The molecule has 0 saturated carbocycles. The first kappa shape index (κ1) is 20.3. The Morgan fingerprint density at radius 2 is 1.71 bits per heavy atom. The Bertz CT molecular complexity index is 939.